The van der Waals surface area contributed by atoms with E-state index in [0.29, 0.717) is 0 Å². The Morgan fingerprint density at radius 1 is 0.732 bits per heavy atom. The van der Waals surface area contributed by atoms with Crippen molar-refractivity contribution in [2.75, 3.05) is 0 Å². The molecule has 4 aromatic carbocycles. The number of rotatable bonds is 4. The summed E-state index contributed by atoms with van der Waals surface area (Å²) < 4.78 is 27.3. The number of aromatic nitrogens is 1. The van der Waals surface area contributed by atoms with Gasteiger partial charge in [0.25, 0.3) is 0 Å². The Morgan fingerprint density at radius 2 is 1.37 bits per heavy atom. The number of hydrogen-bond acceptors (Lipinski definition) is 1. The van der Waals surface area contributed by atoms with E-state index >= 15 is 0 Å². The van der Waals surface area contributed by atoms with Crippen LogP contribution in [-0.2, 0) is 12.5 Å². The molecule has 2 aromatic heterocycles. The Hall–Kier alpha value is -3.91. The van der Waals surface area contributed by atoms with Crippen molar-refractivity contribution in [1.29, 1.82) is 0 Å². The summed E-state index contributed by atoms with van der Waals surface area (Å²) in [6, 6.07) is 25.8. The lowest BCUT2D eigenvalue weighted by Gasteiger charge is -2.27. The summed E-state index contributed by atoms with van der Waals surface area (Å²) >= 11 is 0. The highest BCUT2D eigenvalue weighted by Gasteiger charge is 2.26. The molecule has 2 heteroatoms. The zero-order valence-electron chi connectivity index (χ0n) is 27.9. The first-order valence-electron chi connectivity index (χ1n) is 15.6. The fourth-order valence-electron chi connectivity index (χ4n) is 6.13. The number of pyridine rings is 1. The number of benzene rings is 4. The molecule has 0 fully saturated rings. The third kappa shape index (κ3) is 4.54. The topological polar surface area (TPSA) is 17.0 Å². The van der Waals surface area contributed by atoms with E-state index in [1.165, 1.54) is 0 Å². The molecule has 0 unspecified atom stereocenters. The number of hydrogen-bond donors (Lipinski definition) is 0. The second kappa shape index (κ2) is 9.87. The fourth-order valence-corrected chi connectivity index (χ4v) is 6.13. The normalized spacial score (nSPS) is 13.7. The molecule has 6 rings (SSSR count). The number of nitrogens with zero attached hydrogens (tertiary/aromatic N) is 1. The second-order valence-corrected chi connectivity index (χ2v) is 13.0. The molecule has 0 saturated carbocycles. The van der Waals surface area contributed by atoms with Gasteiger partial charge in [-0.05, 0) is 69.0 Å². The molecule has 0 bridgehead atoms. The number of fused-ring (bicyclic) bond motifs is 5. The van der Waals surface area contributed by atoms with E-state index in [1.54, 1.807) is 0 Å². The first-order chi connectivity index (χ1) is 20.1. The van der Waals surface area contributed by atoms with Crippen molar-refractivity contribution in [2.24, 2.45) is 7.05 Å². The van der Waals surface area contributed by atoms with E-state index in [-0.39, 0.29) is 5.41 Å². The Labute approximate surface area is 247 Å². The zero-order valence-corrected chi connectivity index (χ0v) is 25.9. The van der Waals surface area contributed by atoms with E-state index in [2.05, 4.69) is 118 Å². The van der Waals surface area contributed by atoms with Crippen LogP contribution < -0.4 is 4.57 Å². The van der Waals surface area contributed by atoms with E-state index in [0.717, 1.165) is 77.3 Å². The predicted molar refractivity (Wildman–Crippen MR) is 175 cm³/mol. The molecular weight excluding hydrogens is 498 g/mol. The average Bonchev–Trinajstić information content (AvgIpc) is 3.30. The van der Waals surface area contributed by atoms with Gasteiger partial charge in [-0.1, -0.05) is 103 Å². The Morgan fingerprint density at radius 3 is 2.02 bits per heavy atom. The lowest BCUT2D eigenvalue weighted by Crippen LogP contribution is -2.30. The van der Waals surface area contributed by atoms with Gasteiger partial charge in [-0.3, -0.25) is 0 Å². The van der Waals surface area contributed by atoms with E-state index < -0.39 is 11.8 Å². The van der Waals surface area contributed by atoms with Gasteiger partial charge in [-0.2, -0.15) is 0 Å². The van der Waals surface area contributed by atoms with E-state index in [1.807, 2.05) is 27.7 Å². The van der Waals surface area contributed by atoms with Gasteiger partial charge in [0.05, 0.1) is 5.56 Å². The van der Waals surface area contributed by atoms with Crippen LogP contribution in [-0.4, -0.2) is 0 Å². The van der Waals surface area contributed by atoms with Gasteiger partial charge in [0.1, 0.15) is 18.2 Å². The zero-order chi connectivity index (χ0) is 31.1. The molecule has 2 nitrogen and oxygen atoms in total. The van der Waals surface area contributed by atoms with Crippen molar-refractivity contribution in [2.45, 2.75) is 72.6 Å². The van der Waals surface area contributed by atoms with E-state index in [9.17, 15) is 2.74 Å². The lowest BCUT2D eigenvalue weighted by atomic mass is 9.78. The molecule has 2 heterocycles. The van der Waals surface area contributed by atoms with Gasteiger partial charge in [0, 0.05) is 31.0 Å². The minimum atomic E-state index is -0.857. The molecule has 0 N–H and O–H groups in total. The first kappa shape index (κ1) is 24.9. The van der Waals surface area contributed by atoms with Crippen LogP contribution in [0.4, 0.5) is 0 Å². The van der Waals surface area contributed by atoms with Crippen molar-refractivity contribution in [3.8, 4) is 22.4 Å². The number of furan rings is 1. The molecule has 0 spiro atoms. The molecule has 0 saturated heterocycles. The van der Waals surface area contributed by atoms with E-state index in [4.69, 9.17) is 4.42 Å². The molecule has 208 valence electrons. The van der Waals surface area contributed by atoms with Crippen LogP contribution in [0.25, 0.3) is 55.1 Å². The van der Waals surface area contributed by atoms with Crippen molar-refractivity contribution < 1.29 is 11.7 Å². The summed E-state index contributed by atoms with van der Waals surface area (Å²) in [6.07, 6.45) is 2.10. The van der Waals surface area contributed by atoms with Gasteiger partial charge < -0.3 is 4.42 Å². The lowest BCUT2D eigenvalue weighted by molar-refractivity contribution is -0.660. The monoisotopic (exact) mass is 542 g/mol. The summed E-state index contributed by atoms with van der Waals surface area (Å²) in [5.74, 6) is -1.71. The highest BCUT2D eigenvalue weighted by atomic mass is 16.3. The fraction of sp³-hybridized carbons (Fsp3) is 0.308. The molecule has 0 amide bonds. The highest BCUT2D eigenvalue weighted by molar-refractivity contribution is 6.17. The standard InChI is InChI=1S/C39H42NO/c1-23(2)32-21-28(39(6,7)8)22-33(24(3)4)36(32)27-18-19-40(9)34(20-27)35-25(5)14-16-31-30-17-15-26-12-10-11-13-29(26)37(30)41-38(31)35/h10-24H,1-9H3/q+1/i23D,24D. The maximum absolute atomic E-state index is 9.21. The summed E-state index contributed by atoms with van der Waals surface area (Å²) in [7, 11) is 2.07. The number of aryl methyl sites for hydroxylation is 2. The van der Waals surface area contributed by atoms with Crippen LogP contribution in [0, 0.1) is 6.92 Å². The van der Waals surface area contributed by atoms with Gasteiger partial charge in [0.15, 0.2) is 6.20 Å². The van der Waals surface area contributed by atoms with Crippen molar-refractivity contribution in [3.05, 3.63) is 101 Å². The van der Waals surface area contributed by atoms with Crippen LogP contribution in [0.1, 0.15) is 85.2 Å². The minimum Gasteiger partial charge on any atom is -0.454 e. The molecule has 0 radical (unpaired) electrons. The van der Waals surface area contributed by atoms with Gasteiger partial charge >= 0.3 is 0 Å². The van der Waals surface area contributed by atoms with Gasteiger partial charge in [0.2, 0.25) is 5.69 Å². The van der Waals surface area contributed by atoms with Crippen molar-refractivity contribution >= 4 is 32.7 Å². The summed E-state index contributed by atoms with van der Waals surface area (Å²) in [5, 5.41) is 4.49. The SMILES string of the molecule is [2H]C(C)(C)c1cc(C(C)(C)C)cc(C([2H])(C)C)c1-c1cc[n+](C)c(-c2c(C)ccc3c2oc2c4ccccc4ccc32)c1. The third-order valence-corrected chi connectivity index (χ3v) is 8.52. The summed E-state index contributed by atoms with van der Waals surface area (Å²) in [6.45, 7) is 16.5. The smallest absolute Gasteiger partial charge is 0.216 e. The van der Waals surface area contributed by atoms with Crippen LogP contribution in [0.5, 0.6) is 0 Å². The van der Waals surface area contributed by atoms with Gasteiger partial charge in [-0.15, -0.1) is 0 Å². The predicted octanol–water partition coefficient (Wildman–Crippen LogP) is 10.8. The molecular formula is C39H42NO+. The summed E-state index contributed by atoms with van der Waals surface area (Å²) in [5.41, 5.74) is 9.95. The Bertz CT molecular complexity index is 2010. The van der Waals surface area contributed by atoms with Crippen LogP contribution in [0.3, 0.4) is 0 Å². The maximum Gasteiger partial charge on any atom is 0.216 e. The summed E-state index contributed by atoms with van der Waals surface area (Å²) in [4.78, 5) is 0. The second-order valence-electron chi connectivity index (χ2n) is 13.0. The highest BCUT2D eigenvalue weighted by Crippen LogP contribution is 2.43. The molecule has 6 aromatic rings. The molecule has 0 aliphatic rings. The third-order valence-electron chi connectivity index (χ3n) is 8.52. The van der Waals surface area contributed by atoms with Crippen molar-refractivity contribution in [1.82, 2.24) is 0 Å². The van der Waals surface area contributed by atoms with Crippen LogP contribution >= 0.6 is 0 Å². The van der Waals surface area contributed by atoms with Crippen LogP contribution in [0.2, 0.25) is 0 Å². The molecule has 0 atom stereocenters. The quantitative estimate of drug-likeness (QED) is 0.202. The van der Waals surface area contributed by atoms with Crippen LogP contribution in [0.15, 0.2) is 83.4 Å². The average molecular weight is 543 g/mol. The van der Waals surface area contributed by atoms with Gasteiger partial charge in [-0.25, -0.2) is 4.57 Å². The maximum atomic E-state index is 9.21. The largest absolute Gasteiger partial charge is 0.454 e. The Kier molecular flexibility index (Phi) is 5.98. The van der Waals surface area contributed by atoms with Crippen molar-refractivity contribution in [3.63, 3.8) is 0 Å². The minimum absolute atomic E-state index is 0.106. The molecule has 0 aliphatic carbocycles. The molecule has 0 aliphatic heterocycles. The first-order valence-corrected chi connectivity index (χ1v) is 14.6. The molecule has 41 heavy (non-hydrogen) atoms. The Balaban J connectivity index is 1.68.